The van der Waals surface area contributed by atoms with Gasteiger partial charge < -0.3 is 10.1 Å². The maximum absolute atomic E-state index is 11.7. The first-order chi connectivity index (χ1) is 7.25. The second kappa shape index (κ2) is 4.94. The van der Waals surface area contributed by atoms with E-state index in [2.05, 4.69) is 27.9 Å². The zero-order valence-corrected chi connectivity index (χ0v) is 10.4. The predicted molar refractivity (Wildman–Crippen MR) is 66.8 cm³/mol. The molecule has 1 N–H and O–H groups in total. The molecule has 0 bridgehead atoms. The molecule has 4 heteroatoms. The van der Waals surface area contributed by atoms with E-state index >= 15 is 0 Å². The Morgan fingerprint density at radius 1 is 1.40 bits per heavy atom. The second-order valence-corrected chi connectivity index (χ2v) is 4.74. The van der Waals surface area contributed by atoms with Crippen molar-refractivity contribution in [2.45, 2.75) is 18.9 Å². The molecule has 1 aliphatic rings. The Morgan fingerprint density at radius 3 is 2.73 bits per heavy atom. The second-order valence-electron chi connectivity index (χ2n) is 3.50. The maximum atomic E-state index is 11.7. The highest BCUT2D eigenvalue weighted by molar-refractivity contribution is 14.1. The van der Waals surface area contributed by atoms with Crippen LogP contribution in [0.15, 0.2) is 24.3 Å². The fourth-order valence-electron chi connectivity index (χ4n) is 1.54. The van der Waals surface area contributed by atoms with Crippen LogP contribution in [0.1, 0.15) is 12.8 Å². The van der Waals surface area contributed by atoms with Gasteiger partial charge in [-0.15, -0.1) is 0 Å². The van der Waals surface area contributed by atoms with Crippen molar-refractivity contribution in [2.24, 2.45) is 0 Å². The molecular weight excluding hydrogens is 305 g/mol. The molecule has 0 aliphatic carbocycles. The van der Waals surface area contributed by atoms with Gasteiger partial charge in [0.25, 0.3) is 5.91 Å². The summed E-state index contributed by atoms with van der Waals surface area (Å²) in [7, 11) is 0. The lowest BCUT2D eigenvalue weighted by molar-refractivity contribution is -0.124. The van der Waals surface area contributed by atoms with Crippen molar-refractivity contribution in [1.29, 1.82) is 0 Å². The Hall–Kier alpha value is -0.620. The Morgan fingerprint density at radius 2 is 2.13 bits per heavy atom. The average molecular weight is 317 g/mol. The third-order valence-electron chi connectivity index (χ3n) is 2.33. The van der Waals surface area contributed by atoms with E-state index in [1.165, 1.54) is 0 Å². The van der Waals surface area contributed by atoms with E-state index in [1.807, 2.05) is 24.3 Å². The highest BCUT2D eigenvalue weighted by Gasteiger charge is 2.23. The summed E-state index contributed by atoms with van der Waals surface area (Å²) in [5.41, 5.74) is 0.830. The van der Waals surface area contributed by atoms with Crippen LogP contribution in [-0.4, -0.2) is 18.6 Å². The predicted octanol–water partition coefficient (Wildman–Crippen LogP) is 2.41. The highest BCUT2D eigenvalue weighted by atomic mass is 127. The fourth-order valence-corrected chi connectivity index (χ4v) is 1.90. The SMILES string of the molecule is O=C(Nc1ccc(I)cc1)C1CCCO1. The van der Waals surface area contributed by atoms with Gasteiger partial charge in [-0.3, -0.25) is 4.79 Å². The zero-order valence-electron chi connectivity index (χ0n) is 8.20. The van der Waals surface area contributed by atoms with E-state index in [9.17, 15) is 4.79 Å². The Balaban J connectivity index is 1.96. The van der Waals surface area contributed by atoms with Crippen molar-refractivity contribution in [3.8, 4) is 0 Å². The number of benzene rings is 1. The van der Waals surface area contributed by atoms with Gasteiger partial charge in [-0.2, -0.15) is 0 Å². The number of ether oxygens (including phenoxy) is 1. The number of nitrogens with one attached hydrogen (secondary N) is 1. The molecular formula is C11H12INO2. The fraction of sp³-hybridized carbons (Fsp3) is 0.364. The van der Waals surface area contributed by atoms with E-state index in [0.29, 0.717) is 6.61 Å². The van der Waals surface area contributed by atoms with Crippen LogP contribution in [0.25, 0.3) is 0 Å². The van der Waals surface area contributed by atoms with Crippen molar-refractivity contribution in [1.82, 2.24) is 0 Å². The number of carbonyl (C=O) groups is 1. The molecule has 80 valence electrons. The number of anilines is 1. The lowest BCUT2D eigenvalue weighted by atomic mass is 10.2. The van der Waals surface area contributed by atoms with E-state index in [1.54, 1.807) is 0 Å². The molecule has 3 nitrogen and oxygen atoms in total. The Labute approximate surface area is 102 Å². The topological polar surface area (TPSA) is 38.3 Å². The first kappa shape index (κ1) is 10.9. The van der Waals surface area contributed by atoms with E-state index in [0.717, 1.165) is 22.1 Å². The van der Waals surface area contributed by atoms with Gasteiger partial charge in [-0.25, -0.2) is 0 Å². The van der Waals surface area contributed by atoms with Crippen molar-refractivity contribution in [3.05, 3.63) is 27.8 Å². The summed E-state index contributed by atoms with van der Waals surface area (Å²) in [4.78, 5) is 11.7. The lowest BCUT2D eigenvalue weighted by Gasteiger charge is -2.10. The molecule has 0 spiro atoms. The van der Waals surface area contributed by atoms with Gasteiger partial charge in [-0.1, -0.05) is 0 Å². The van der Waals surface area contributed by atoms with Crippen molar-refractivity contribution in [2.75, 3.05) is 11.9 Å². The largest absolute Gasteiger partial charge is 0.368 e. The summed E-state index contributed by atoms with van der Waals surface area (Å²) in [6, 6.07) is 7.72. The standard InChI is InChI=1S/C11H12INO2/c12-8-3-5-9(6-4-8)13-11(14)10-2-1-7-15-10/h3-6,10H,1-2,7H2,(H,13,14). The van der Waals surface area contributed by atoms with Crippen LogP contribution in [0.3, 0.4) is 0 Å². The molecule has 1 heterocycles. The third-order valence-corrected chi connectivity index (χ3v) is 3.05. The summed E-state index contributed by atoms with van der Waals surface area (Å²) in [5, 5.41) is 2.84. The number of hydrogen-bond acceptors (Lipinski definition) is 2. The molecule has 1 aromatic carbocycles. The van der Waals surface area contributed by atoms with Crippen LogP contribution >= 0.6 is 22.6 Å². The molecule has 1 aliphatic heterocycles. The molecule has 0 aromatic heterocycles. The summed E-state index contributed by atoms with van der Waals surface area (Å²) in [6.07, 6.45) is 1.55. The summed E-state index contributed by atoms with van der Waals surface area (Å²) in [6.45, 7) is 0.699. The Bertz CT molecular complexity index is 344. The molecule has 0 radical (unpaired) electrons. The molecule has 1 amide bonds. The monoisotopic (exact) mass is 317 g/mol. The number of hydrogen-bond donors (Lipinski definition) is 1. The minimum absolute atomic E-state index is 0.0336. The van der Waals surface area contributed by atoms with Crippen molar-refractivity contribution in [3.63, 3.8) is 0 Å². The van der Waals surface area contributed by atoms with Gasteiger partial charge in [0.05, 0.1) is 0 Å². The van der Waals surface area contributed by atoms with Crippen LogP contribution in [0.5, 0.6) is 0 Å². The number of amides is 1. The number of carbonyl (C=O) groups excluding carboxylic acids is 1. The van der Waals surface area contributed by atoms with Gasteiger partial charge in [0.15, 0.2) is 0 Å². The summed E-state index contributed by atoms with van der Waals surface area (Å²) >= 11 is 2.23. The molecule has 1 atom stereocenters. The summed E-state index contributed by atoms with van der Waals surface area (Å²) in [5.74, 6) is -0.0336. The van der Waals surface area contributed by atoms with E-state index < -0.39 is 0 Å². The maximum Gasteiger partial charge on any atom is 0.253 e. The normalized spacial score (nSPS) is 20.2. The van der Waals surface area contributed by atoms with Crippen molar-refractivity contribution >= 4 is 34.2 Å². The quantitative estimate of drug-likeness (QED) is 0.851. The minimum Gasteiger partial charge on any atom is -0.368 e. The van der Waals surface area contributed by atoms with Gasteiger partial charge in [-0.05, 0) is 59.7 Å². The number of rotatable bonds is 2. The molecule has 1 fully saturated rings. The third kappa shape index (κ3) is 2.92. The average Bonchev–Trinajstić information content (AvgIpc) is 2.74. The molecule has 15 heavy (non-hydrogen) atoms. The molecule has 2 rings (SSSR count). The lowest BCUT2D eigenvalue weighted by Crippen LogP contribution is -2.26. The molecule has 1 unspecified atom stereocenters. The highest BCUT2D eigenvalue weighted by Crippen LogP contribution is 2.16. The van der Waals surface area contributed by atoms with Crippen LogP contribution in [0, 0.1) is 3.57 Å². The van der Waals surface area contributed by atoms with Crippen LogP contribution in [0.4, 0.5) is 5.69 Å². The van der Waals surface area contributed by atoms with Crippen molar-refractivity contribution < 1.29 is 9.53 Å². The number of halogens is 1. The zero-order chi connectivity index (χ0) is 10.7. The molecule has 1 aromatic rings. The van der Waals surface area contributed by atoms with Crippen LogP contribution < -0.4 is 5.32 Å². The minimum atomic E-state index is -0.260. The van der Waals surface area contributed by atoms with Gasteiger partial charge in [0.1, 0.15) is 6.10 Å². The smallest absolute Gasteiger partial charge is 0.253 e. The van der Waals surface area contributed by atoms with E-state index in [4.69, 9.17) is 4.74 Å². The molecule has 1 saturated heterocycles. The van der Waals surface area contributed by atoms with Gasteiger partial charge in [0.2, 0.25) is 0 Å². The van der Waals surface area contributed by atoms with Crippen LogP contribution in [-0.2, 0) is 9.53 Å². The summed E-state index contributed by atoms with van der Waals surface area (Å²) < 4.78 is 6.45. The first-order valence-electron chi connectivity index (χ1n) is 4.94. The van der Waals surface area contributed by atoms with E-state index in [-0.39, 0.29) is 12.0 Å². The molecule has 0 saturated carbocycles. The van der Waals surface area contributed by atoms with Gasteiger partial charge in [0, 0.05) is 15.9 Å². The van der Waals surface area contributed by atoms with Gasteiger partial charge >= 0.3 is 0 Å². The first-order valence-corrected chi connectivity index (χ1v) is 6.01. The Kier molecular flexibility index (Phi) is 3.58. The van der Waals surface area contributed by atoms with Crippen LogP contribution in [0.2, 0.25) is 0 Å².